The van der Waals surface area contributed by atoms with Crippen molar-refractivity contribution in [2.45, 2.75) is 6.54 Å². The predicted octanol–water partition coefficient (Wildman–Crippen LogP) is 3.24. The van der Waals surface area contributed by atoms with Gasteiger partial charge >= 0.3 is 0 Å². The van der Waals surface area contributed by atoms with Crippen LogP contribution in [0.4, 0.5) is 17.3 Å². The first kappa shape index (κ1) is 16.5. The Morgan fingerprint density at radius 2 is 1.72 bits per heavy atom. The van der Waals surface area contributed by atoms with Gasteiger partial charge in [0.25, 0.3) is 0 Å². The number of hydrogen-bond acceptors (Lipinski definition) is 7. The smallest absolute Gasteiger partial charge is 0.142 e. The van der Waals surface area contributed by atoms with E-state index in [0.29, 0.717) is 18.1 Å². The molecule has 0 radical (unpaired) electrons. The molecule has 0 spiro atoms. The molecule has 0 amide bonds. The van der Waals surface area contributed by atoms with Crippen LogP contribution in [-0.2, 0) is 6.54 Å². The molecule has 0 aliphatic heterocycles. The molecule has 2 heterocycles. The Morgan fingerprint density at radius 3 is 2.48 bits per heavy atom. The highest BCUT2D eigenvalue weighted by Crippen LogP contribution is 2.31. The van der Waals surface area contributed by atoms with Crippen molar-refractivity contribution >= 4 is 17.3 Å². The normalized spacial score (nSPS) is 10.2. The van der Waals surface area contributed by atoms with Gasteiger partial charge in [0, 0.05) is 31.1 Å². The zero-order valence-corrected chi connectivity index (χ0v) is 14.1. The van der Waals surface area contributed by atoms with Gasteiger partial charge in [0.05, 0.1) is 19.9 Å². The molecule has 7 heteroatoms. The van der Waals surface area contributed by atoms with E-state index < -0.39 is 0 Å². The summed E-state index contributed by atoms with van der Waals surface area (Å²) in [5.74, 6) is 2.80. The summed E-state index contributed by atoms with van der Waals surface area (Å²) >= 11 is 0. The van der Waals surface area contributed by atoms with Crippen molar-refractivity contribution < 1.29 is 9.47 Å². The maximum atomic E-state index is 5.37. The van der Waals surface area contributed by atoms with E-state index >= 15 is 0 Å². The van der Waals surface area contributed by atoms with Crippen LogP contribution >= 0.6 is 0 Å². The Balaban J connectivity index is 1.73. The molecule has 7 nitrogen and oxygen atoms in total. The van der Waals surface area contributed by atoms with Crippen LogP contribution in [0.3, 0.4) is 0 Å². The largest absolute Gasteiger partial charge is 0.497 e. The molecular formula is C18H19N5O2. The molecule has 128 valence electrons. The third-order valence-corrected chi connectivity index (χ3v) is 3.56. The lowest BCUT2D eigenvalue weighted by Crippen LogP contribution is -2.03. The van der Waals surface area contributed by atoms with Gasteiger partial charge in [0.15, 0.2) is 0 Å². The van der Waals surface area contributed by atoms with Gasteiger partial charge in [-0.3, -0.25) is 4.98 Å². The molecule has 0 saturated carbocycles. The number of pyridine rings is 1. The number of benzene rings is 1. The summed E-state index contributed by atoms with van der Waals surface area (Å²) in [4.78, 5) is 12.5. The lowest BCUT2D eigenvalue weighted by Gasteiger charge is -2.13. The summed E-state index contributed by atoms with van der Waals surface area (Å²) in [7, 11) is 3.24. The number of nitrogens with one attached hydrogen (secondary N) is 2. The van der Waals surface area contributed by atoms with E-state index in [1.165, 1.54) is 6.33 Å². The third-order valence-electron chi connectivity index (χ3n) is 3.56. The predicted molar refractivity (Wildman–Crippen MR) is 96.4 cm³/mol. The van der Waals surface area contributed by atoms with Gasteiger partial charge in [0.2, 0.25) is 0 Å². The lowest BCUT2D eigenvalue weighted by atomic mass is 10.2. The van der Waals surface area contributed by atoms with Crippen molar-refractivity contribution in [1.29, 1.82) is 0 Å². The number of methoxy groups -OCH3 is 2. The van der Waals surface area contributed by atoms with E-state index in [4.69, 9.17) is 9.47 Å². The SMILES string of the molecule is COc1ccc(OC)c(Nc2cc(NCc3ccncc3)ncn2)c1. The van der Waals surface area contributed by atoms with Gasteiger partial charge < -0.3 is 20.1 Å². The first-order valence-electron chi connectivity index (χ1n) is 7.72. The molecule has 0 aliphatic carbocycles. The topological polar surface area (TPSA) is 81.2 Å². The number of anilines is 3. The van der Waals surface area contributed by atoms with Gasteiger partial charge in [-0.2, -0.15) is 0 Å². The Labute approximate surface area is 146 Å². The zero-order valence-electron chi connectivity index (χ0n) is 14.1. The van der Waals surface area contributed by atoms with Gasteiger partial charge in [0.1, 0.15) is 29.5 Å². The standard InChI is InChI=1S/C18H19N5O2/c1-24-14-3-4-16(25-2)15(9-14)23-18-10-17(21-12-22-18)20-11-13-5-7-19-8-6-13/h3-10,12H,11H2,1-2H3,(H2,20,21,22,23). The number of hydrogen-bond donors (Lipinski definition) is 2. The number of aromatic nitrogens is 3. The first-order chi connectivity index (χ1) is 12.3. The van der Waals surface area contributed by atoms with Crippen molar-refractivity contribution in [2.24, 2.45) is 0 Å². The van der Waals surface area contributed by atoms with Crippen LogP contribution < -0.4 is 20.1 Å². The molecule has 0 unspecified atom stereocenters. The van der Waals surface area contributed by atoms with E-state index in [1.807, 2.05) is 36.4 Å². The van der Waals surface area contributed by atoms with E-state index in [-0.39, 0.29) is 0 Å². The van der Waals surface area contributed by atoms with Crippen LogP contribution in [0.15, 0.2) is 55.1 Å². The summed E-state index contributed by atoms with van der Waals surface area (Å²) in [5, 5.41) is 6.49. The summed E-state index contributed by atoms with van der Waals surface area (Å²) in [6, 6.07) is 11.3. The summed E-state index contributed by atoms with van der Waals surface area (Å²) in [6.45, 7) is 0.654. The van der Waals surface area contributed by atoms with Crippen LogP contribution in [-0.4, -0.2) is 29.2 Å². The average molecular weight is 337 g/mol. The molecule has 3 rings (SSSR count). The second kappa shape index (κ2) is 7.96. The minimum atomic E-state index is 0.652. The molecule has 0 saturated heterocycles. The molecule has 3 aromatic rings. The van der Waals surface area contributed by atoms with Crippen LogP contribution in [0.5, 0.6) is 11.5 Å². The molecule has 2 N–H and O–H groups in total. The summed E-state index contributed by atoms with van der Waals surface area (Å²) in [6.07, 6.45) is 5.03. The second-order valence-electron chi connectivity index (χ2n) is 5.19. The highest BCUT2D eigenvalue weighted by atomic mass is 16.5. The first-order valence-corrected chi connectivity index (χ1v) is 7.72. The highest BCUT2D eigenvalue weighted by molar-refractivity contribution is 5.67. The van der Waals surface area contributed by atoms with Crippen LogP contribution in [0.1, 0.15) is 5.56 Å². The molecular weight excluding hydrogens is 318 g/mol. The molecule has 0 bridgehead atoms. The second-order valence-corrected chi connectivity index (χ2v) is 5.19. The molecule has 2 aromatic heterocycles. The monoisotopic (exact) mass is 337 g/mol. The fraction of sp³-hybridized carbons (Fsp3) is 0.167. The molecule has 25 heavy (non-hydrogen) atoms. The summed E-state index contributed by atoms with van der Waals surface area (Å²) < 4.78 is 10.6. The summed E-state index contributed by atoms with van der Waals surface area (Å²) in [5.41, 5.74) is 1.89. The Hall–Kier alpha value is -3.35. The van der Waals surface area contributed by atoms with Crippen LogP contribution in [0.25, 0.3) is 0 Å². The third kappa shape index (κ3) is 4.35. The number of nitrogens with zero attached hydrogens (tertiary/aromatic N) is 3. The maximum absolute atomic E-state index is 5.37. The van der Waals surface area contributed by atoms with Crippen molar-refractivity contribution in [3.05, 3.63) is 60.7 Å². The Kier molecular flexibility index (Phi) is 5.26. The minimum absolute atomic E-state index is 0.652. The fourth-order valence-electron chi connectivity index (χ4n) is 2.27. The number of ether oxygens (including phenoxy) is 2. The lowest BCUT2D eigenvalue weighted by molar-refractivity contribution is 0.405. The van der Waals surface area contributed by atoms with Crippen molar-refractivity contribution in [1.82, 2.24) is 15.0 Å². The Morgan fingerprint density at radius 1 is 0.920 bits per heavy atom. The van der Waals surface area contributed by atoms with E-state index in [2.05, 4.69) is 25.6 Å². The minimum Gasteiger partial charge on any atom is -0.497 e. The molecule has 0 fully saturated rings. The Bertz CT molecular complexity index is 827. The van der Waals surface area contributed by atoms with Crippen LogP contribution in [0.2, 0.25) is 0 Å². The maximum Gasteiger partial charge on any atom is 0.142 e. The highest BCUT2D eigenvalue weighted by Gasteiger charge is 2.07. The van der Waals surface area contributed by atoms with E-state index in [9.17, 15) is 0 Å². The molecule has 0 aliphatic rings. The van der Waals surface area contributed by atoms with Gasteiger partial charge in [-0.25, -0.2) is 9.97 Å². The quantitative estimate of drug-likeness (QED) is 0.685. The van der Waals surface area contributed by atoms with E-state index in [1.54, 1.807) is 26.6 Å². The molecule has 1 aromatic carbocycles. The van der Waals surface area contributed by atoms with E-state index in [0.717, 1.165) is 22.8 Å². The fourth-order valence-corrected chi connectivity index (χ4v) is 2.27. The molecule has 0 atom stereocenters. The average Bonchev–Trinajstić information content (AvgIpc) is 2.67. The van der Waals surface area contributed by atoms with Gasteiger partial charge in [-0.05, 0) is 29.8 Å². The van der Waals surface area contributed by atoms with Gasteiger partial charge in [-0.15, -0.1) is 0 Å². The zero-order chi connectivity index (χ0) is 17.5. The van der Waals surface area contributed by atoms with Gasteiger partial charge in [-0.1, -0.05) is 0 Å². The number of rotatable bonds is 7. The van der Waals surface area contributed by atoms with Crippen molar-refractivity contribution in [2.75, 3.05) is 24.9 Å². The van der Waals surface area contributed by atoms with Crippen molar-refractivity contribution in [3.63, 3.8) is 0 Å². The van der Waals surface area contributed by atoms with Crippen molar-refractivity contribution in [3.8, 4) is 11.5 Å². The van der Waals surface area contributed by atoms with Crippen LogP contribution in [0, 0.1) is 0 Å².